The Morgan fingerprint density at radius 2 is 2.41 bits per heavy atom. The molecule has 2 rings (SSSR count). The summed E-state index contributed by atoms with van der Waals surface area (Å²) in [7, 11) is 1.55. The zero-order chi connectivity index (χ0) is 12.4. The molecule has 17 heavy (non-hydrogen) atoms. The number of rotatable bonds is 2. The smallest absolute Gasteiger partial charge is 0.254 e. The van der Waals surface area contributed by atoms with Crippen molar-refractivity contribution in [3.8, 4) is 0 Å². The van der Waals surface area contributed by atoms with Crippen LogP contribution in [0, 0.1) is 0 Å². The molecular formula is C11H13N3O2S. The lowest BCUT2D eigenvalue weighted by atomic mass is 10.2. The molecule has 1 saturated heterocycles. The van der Waals surface area contributed by atoms with Gasteiger partial charge in [-0.25, -0.2) is 4.98 Å². The van der Waals surface area contributed by atoms with Crippen molar-refractivity contribution < 1.29 is 9.59 Å². The topological polar surface area (TPSA) is 62.3 Å². The summed E-state index contributed by atoms with van der Waals surface area (Å²) >= 11 is 4.28. The van der Waals surface area contributed by atoms with Gasteiger partial charge < -0.3 is 5.32 Å². The van der Waals surface area contributed by atoms with Crippen LogP contribution in [0.5, 0.6) is 0 Å². The first kappa shape index (κ1) is 11.9. The molecule has 1 unspecified atom stereocenters. The fraction of sp³-hybridized carbons (Fsp3) is 0.364. The Kier molecular flexibility index (Phi) is 3.33. The van der Waals surface area contributed by atoms with Gasteiger partial charge in [0.05, 0.1) is 5.56 Å². The molecule has 6 heteroatoms. The summed E-state index contributed by atoms with van der Waals surface area (Å²) < 4.78 is 0. The number of aromatic nitrogens is 1. The van der Waals surface area contributed by atoms with Gasteiger partial charge in [0.15, 0.2) is 0 Å². The number of nitrogens with zero attached hydrogens (tertiary/aromatic N) is 2. The third kappa shape index (κ3) is 2.26. The van der Waals surface area contributed by atoms with Gasteiger partial charge in [0.1, 0.15) is 5.82 Å². The number of amides is 2. The van der Waals surface area contributed by atoms with E-state index in [4.69, 9.17) is 0 Å². The van der Waals surface area contributed by atoms with Crippen molar-refractivity contribution in [3.63, 3.8) is 0 Å². The van der Waals surface area contributed by atoms with Crippen LogP contribution in [-0.2, 0) is 4.79 Å². The highest BCUT2D eigenvalue weighted by atomic mass is 32.1. The second-order valence-corrected chi connectivity index (χ2v) is 4.55. The second-order valence-electron chi connectivity index (χ2n) is 3.82. The average Bonchev–Trinajstić information content (AvgIpc) is 2.67. The Hall–Kier alpha value is -1.56. The van der Waals surface area contributed by atoms with Crippen molar-refractivity contribution in [1.82, 2.24) is 10.3 Å². The van der Waals surface area contributed by atoms with Gasteiger partial charge in [-0.2, -0.15) is 12.6 Å². The molecule has 1 aromatic heterocycles. The zero-order valence-electron chi connectivity index (χ0n) is 9.38. The molecule has 1 atom stereocenters. The van der Waals surface area contributed by atoms with Gasteiger partial charge in [-0.3, -0.25) is 14.5 Å². The Labute approximate surface area is 105 Å². The highest BCUT2D eigenvalue weighted by Crippen LogP contribution is 2.25. The van der Waals surface area contributed by atoms with Gasteiger partial charge in [-0.1, -0.05) is 0 Å². The van der Waals surface area contributed by atoms with E-state index in [1.807, 2.05) is 0 Å². The van der Waals surface area contributed by atoms with Crippen LogP contribution in [0.4, 0.5) is 5.82 Å². The monoisotopic (exact) mass is 251 g/mol. The molecule has 5 nitrogen and oxygen atoms in total. The lowest BCUT2D eigenvalue weighted by molar-refractivity contribution is -0.117. The summed E-state index contributed by atoms with van der Waals surface area (Å²) in [5.74, 6) is 0.116. The van der Waals surface area contributed by atoms with Gasteiger partial charge in [-0.05, 0) is 12.1 Å². The number of carbonyl (C=O) groups excluding carboxylic acids is 2. The summed E-state index contributed by atoms with van der Waals surface area (Å²) in [4.78, 5) is 29.1. The van der Waals surface area contributed by atoms with Gasteiger partial charge >= 0.3 is 0 Å². The molecule has 0 radical (unpaired) electrons. The van der Waals surface area contributed by atoms with Crippen molar-refractivity contribution in [2.45, 2.75) is 11.7 Å². The van der Waals surface area contributed by atoms with Crippen molar-refractivity contribution in [2.24, 2.45) is 0 Å². The normalized spacial score (nSPS) is 19.5. The van der Waals surface area contributed by atoms with Crippen molar-refractivity contribution in [3.05, 3.63) is 23.9 Å². The van der Waals surface area contributed by atoms with Crippen LogP contribution in [0.25, 0.3) is 0 Å². The van der Waals surface area contributed by atoms with E-state index < -0.39 is 0 Å². The van der Waals surface area contributed by atoms with Crippen molar-refractivity contribution in [2.75, 3.05) is 18.5 Å². The van der Waals surface area contributed by atoms with Crippen molar-refractivity contribution in [1.29, 1.82) is 0 Å². The van der Waals surface area contributed by atoms with Crippen LogP contribution in [0.1, 0.15) is 16.8 Å². The molecule has 1 aliphatic heterocycles. The van der Waals surface area contributed by atoms with E-state index in [1.165, 1.54) is 4.90 Å². The van der Waals surface area contributed by atoms with Gasteiger partial charge in [0.25, 0.3) is 5.91 Å². The molecule has 1 aliphatic rings. The van der Waals surface area contributed by atoms with E-state index in [-0.39, 0.29) is 17.1 Å². The van der Waals surface area contributed by atoms with E-state index in [9.17, 15) is 9.59 Å². The summed E-state index contributed by atoms with van der Waals surface area (Å²) in [5, 5.41) is 2.54. The first-order chi connectivity index (χ1) is 8.13. The molecule has 1 aromatic rings. The number of pyridine rings is 1. The number of carbonyl (C=O) groups is 2. The number of anilines is 1. The zero-order valence-corrected chi connectivity index (χ0v) is 10.3. The minimum absolute atomic E-state index is 0.00189. The fourth-order valence-electron chi connectivity index (χ4n) is 1.82. The largest absolute Gasteiger partial charge is 0.355 e. The highest BCUT2D eigenvalue weighted by molar-refractivity contribution is 7.81. The molecular weight excluding hydrogens is 238 g/mol. The molecule has 90 valence electrons. The number of hydrogen-bond acceptors (Lipinski definition) is 4. The SMILES string of the molecule is CNC(=O)c1cccnc1N1CC(S)CC1=O. The van der Waals surface area contributed by atoms with Crippen LogP contribution < -0.4 is 10.2 Å². The van der Waals surface area contributed by atoms with Gasteiger partial charge in [-0.15, -0.1) is 0 Å². The Balaban J connectivity index is 2.38. The Morgan fingerprint density at radius 3 is 3.00 bits per heavy atom. The molecule has 1 fully saturated rings. The van der Waals surface area contributed by atoms with Crippen LogP contribution in [0.3, 0.4) is 0 Å². The molecule has 1 N–H and O–H groups in total. The van der Waals surface area contributed by atoms with E-state index in [2.05, 4.69) is 22.9 Å². The van der Waals surface area contributed by atoms with E-state index in [0.29, 0.717) is 24.3 Å². The van der Waals surface area contributed by atoms with Gasteiger partial charge in [0, 0.05) is 31.5 Å². The summed E-state index contributed by atoms with van der Waals surface area (Å²) in [6, 6.07) is 3.33. The minimum Gasteiger partial charge on any atom is -0.355 e. The van der Waals surface area contributed by atoms with E-state index >= 15 is 0 Å². The lowest BCUT2D eigenvalue weighted by Gasteiger charge is -2.17. The lowest BCUT2D eigenvalue weighted by Crippen LogP contribution is -2.29. The quantitative estimate of drug-likeness (QED) is 0.751. The third-order valence-corrected chi connectivity index (χ3v) is 2.96. The van der Waals surface area contributed by atoms with Crippen LogP contribution in [0.15, 0.2) is 18.3 Å². The average molecular weight is 251 g/mol. The summed E-state index contributed by atoms with van der Waals surface area (Å²) in [6.07, 6.45) is 1.95. The molecule has 2 amide bonds. The van der Waals surface area contributed by atoms with Gasteiger partial charge in [0.2, 0.25) is 5.91 Å². The van der Waals surface area contributed by atoms with E-state index in [0.717, 1.165) is 0 Å². The maximum absolute atomic E-state index is 11.8. The second kappa shape index (κ2) is 4.75. The molecule has 0 aromatic carbocycles. The van der Waals surface area contributed by atoms with Crippen LogP contribution >= 0.6 is 12.6 Å². The third-order valence-electron chi connectivity index (χ3n) is 2.62. The molecule has 2 heterocycles. The summed E-state index contributed by atoms with van der Waals surface area (Å²) in [5.41, 5.74) is 0.408. The maximum Gasteiger partial charge on any atom is 0.254 e. The predicted octanol–water partition coefficient (Wildman–Crippen LogP) is 0.476. The minimum atomic E-state index is -0.247. The van der Waals surface area contributed by atoms with Crippen molar-refractivity contribution >= 4 is 30.3 Å². The molecule has 0 bridgehead atoms. The van der Waals surface area contributed by atoms with Crippen LogP contribution in [-0.4, -0.2) is 35.6 Å². The Morgan fingerprint density at radius 1 is 1.65 bits per heavy atom. The predicted molar refractivity (Wildman–Crippen MR) is 67.4 cm³/mol. The standard InChI is InChI=1S/C11H13N3O2S/c1-12-11(16)8-3-2-4-13-10(8)14-6-7(17)5-9(14)15/h2-4,7,17H,5-6H2,1H3,(H,12,16). The molecule has 0 spiro atoms. The maximum atomic E-state index is 11.8. The first-order valence-corrected chi connectivity index (χ1v) is 5.80. The summed E-state index contributed by atoms with van der Waals surface area (Å²) in [6.45, 7) is 0.489. The number of thiol groups is 1. The molecule has 0 saturated carbocycles. The highest BCUT2D eigenvalue weighted by Gasteiger charge is 2.31. The van der Waals surface area contributed by atoms with E-state index in [1.54, 1.807) is 25.4 Å². The number of nitrogens with one attached hydrogen (secondary N) is 1. The first-order valence-electron chi connectivity index (χ1n) is 5.29. The molecule has 0 aliphatic carbocycles. The van der Waals surface area contributed by atoms with Crippen LogP contribution in [0.2, 0.25) is 0 Å². The Bertz CT molecular complexity index is 464. The number of hydrogen-bond donors (Lipinski definition) is 2. The fourth-order valence-corrected chi connectivity index (χ4v) is 2.14.